The summed E-state index contributed by atoms with van der Waals surface area (Å²) in [5, 5.41) is 27.9. The van der Waals surface area contributed by atoms with E-state index in [1.165, 1.54) is 6.20 Å². The number of hydrogen-bond donors (Lipinski definition) is 4. The zero-order valence-electron chi connectivity index (χ0n) is 25.7. The van der Waals surface area contributed by atoms with Gasteiger partial charge in [0, 0.05) is 32.2 Å². The number of carbonyl (C=O) groups is 3. The van der Waals surface area contributed by atoms with Crippen molar-refractivity contribution in [3.63, 3.8) is 0 Å². The van der Waals surface area contributed by atoms with Gasteiger partial charge in [0.2, 0.25) is 11.8 Å². The van der Waals surface area contributed by atoms with E-state index in [1.807, 2.05) is 4.90 Å². The molecule has 0 radical (unpaired) electrons. The Labute approximate surface area is 259 Å². The minimum atomic E-state index is -0.996. The van der Waals surface area contributed by atoms with E-state index in [0.29, 0.717) is 55.2 Å². The van der Waals surface area contributed by atoms with E-state index in [9.17, 15) is 24.6 Å². The molecule has 3 atom stereocenters. The summed E-state index contributed by atoms with van der Waals surface area (Å²) in [6.45, 7) is 3.33. The van der Waals surface area contributed by atoms with E-state index in [2.05, 4.69) is 22.5 Å². The standard InChI is InChI=1S/C33H45N5O6/c1-3-4-18-38-31(42)27(28(39)22-8-6-5-7-9-22)36-32(43)33(38)16-19-37(20-17-33)30(41)26-15-14-25(21-35-26)44-24-12-10-23(11-13-24)29(40)34-2/h10-15,21-22,27-28,30,39,41H,3-9,16-20H2,1-2H3,(H,34,40)(H,36,43)/t27-,28-,30?/m1/s1. The van der Waals surface area contributed by atoms with Crippen LogP contribution in [-0.2, 0) is 9.59 Å². The highest BCUT2D eigenvalue weighted by molar-refractivity contribution is 6.00. The Morgan fingerprint density at radius 1 is 1.07 bits per heavy atom. The van der Waals surface area contributed by atoms with E-state index in [-0.39, 0.29) is 23.6 Å². The number of likely N-dealkylation sites (tertiary alicyclic amines) is 1. The Hall–Kier alpha value is -3.54. The second-order valence-corrected chi connectivity index (χ2v) is 12.2. The van der Waals surface area contributed by atoms with Crippen LogP contribution in [0.2, 0.25) is 0 Å². The Kier molecular flexibility index (Phi) is 10.2. The Morgan fingerprint density at radius 3 is 2.36 bits per heavy atom. The van der Waals surface area contributed by atoms with Gasteiger partial charge in [-0.3, -0.25) is 24.3 Å². The summed E-state index contributed by atoms with van der Waals surface area (Å²) in [5.74, 6) is 0.490. The molecule has 44 heavy (non-hydrogen) atoms. The SMILES string of the molecule is CCCCN1C(=O)[C@@H]([C@H](O)C2CCCCC2)NC(=O)C12CCN(C(O)c1ccc(Oc3ccc(C(=O)NC)cc3)cn1)CC2. The van der Waals surface area contributed by atoms with Crippen LogP contribution in [0.1, 0.15) is 87.0 Å². The van der Waals surface area contributed by atoms with Crippen LogP contribution in [0.15, 0.2) is 42.6 Å². The highest BCUT2D eigenvalue weighted by Gasteiger charge is 2.55. The molecule has 1 spiro atoms. The molecule has 2 aromatic rings. The van der Waals surface area contributed by atoms with Crippen LogP contribution < -0.4 is 15.4 Å². The van der Waals surface area contributed by atoms with Gasteiger partial charge in [0.05, 0.1) is 18.0 Å². The van der Waals surface area contributed by atoms with Gasteiger partial charge < -0.3 is 30.5 Å². The number of aliphatic hydroxyl groups is 2. The van der Waals surface area contributed by atoms with Crippen molar-refractivity contribution >= 4 is 17.7 Å². The van der Waals surface area contributed by atoms with Gasteiger partial charge in [-0.25, -0.2) is 0 Å². The van der Waals surface area contributed by atoms with Gasteiger partial charge in [0.25, 0.3) is 5.91 Å². The fourth-order valence-electron chi connectivity index (χ4n) is 6.84. The molecule has 3 heterocycles. The van der Waals surface area contributed by atoms with Crippen molar-refractivity contribution in [3.05, 3.63) is 53.9 Å². The smallest absolute Gasteiger partial charge is 0.251 e. The number of nitrogens with one attached hydrogen (secondary N) is 2. The maximum atomic E-state index is 13.8. The van der Waals surface area contributed by atoms with Gasteiger partial charge in [0.15, 0.2) is 6.23 Å². The second kappa shape index (κ2) is 14.0. The van der Waals surface area contributed by atoms with E-state index >= 15 is 0 Å². The maximum absolute atomic E-state index is 13.8. The average Bonchev–Trinajstić information content (AvgIpc) is 3.07. The van der Waals surface area contributed by atoms with E-state index < -0.39 is 23.9 Å². The third kappa shape index (κ3) is 6.60. The number of amides is 3. The Balaban J connectivity index is 1.22. The quantitative estimate of drug-likeness (QED) is 0.323. The zero-order chi connectivity index (χ0) is 31.3. The molecule has 4 N–H and O–H groups in total. The zero-order valence-corrected chi connectivity index (χ0v) is 25.7. The normalized spacial score (nSPS) is 22.4. The molecular formula is C33H45N5O6. The lowest BCUT2D eigenvalue weighted by Crippen LogP contribution is -2.75. The molecule has 11 heteroatoms. The number of piperazine rings is 1. The van der Waals surface area contributed by atoms with Crippen LogP contribution in [0.3, 0.4) is 0 Å². The summed E-state index contributed by atoms with van der Waals surface area (Å²) in [7, 11) is 1.58. The molecule has 1 aromatic heterocycles. The molecule has 2 aliphatic heterocycles. The maximum Gasteiger partial charge on any atom is 0.251 e. The Morgan fingerprint density at radius 2 is 1.75 bits per heavy atom. The number of carbonyl (C=O) groups excluding carboxylic acids is 3. The molecule has 3 aliphatic rings. The summed E-state index contributed by atoms with van der Waals surface area (Å²) >= 11 is 0. The number of aliphatic hydroxyl groups excluding tert-OH is 2. The van der Waals surface area contributed by atoms with Crippen LogP contribution in [0.25, 0.3) is 0 Å². The number of ether oxygens (including phenoxy) is 1. The van der Waals surface area contributed by atoms with E-state index in [0.717, 1.165) is 44.9 Å². The molecule has 2 saturated heterocycles. The molecule has 1 aromatic carbocycles. The lowest BCUT2D eigenvalue weighted by atomic mass is 9.78. The number of hydrogen-bond acceptors (Lipinski definition) is 8. The first-order chi connectivity index (χ1) is 21.3. The number of aromatic nitrogens is 1. The molecule has 1 unspecified atom stereocenters. The lowest BCUT2D eigenvalue weighted by Gasteiger charge is -2.53. The summed E-state index contributed by atoms with van der Waals surface area (Å²) in [4.78, 5) is 47.4. The number of nitrogens with zero attached hydrogens (tertiary/aromatic N) is 3. The molecule has 238 valence electrons. The predicted molar refractivity (Wildman–Crippen MR) is 164 cm³/mol. The van der Waals surface area contributed by atoms with Gasteiger partial charge in [0.1, 0.15) is 23.1 Å². The largest absolute Gasteiger partial charge is 0.456 e. The van der Waals surface area contributed by atoms with E-state index in [1.54, 1.807) is 48.3 Å². The van der Waals surface area contributed by atoms with Crippen LogP contribution in [0.4, 0.5) is 0 Å². The molecule has 3 fully saturated rings. The number of benzene rings is 1. The number of rotatable bonds is 10. The molecule has 1 saturated carbocycles. The molecule has 11 nitrogen and oxygen atoms in total. The number of piperidine rings is 1. The van der Waals surface area contributed by atoms with Gasteiger partial charge in [-0.05, 0) is 74.4 Å². The topological polar surface area (TPSA) is 144 Å². The fourth-order valence-corrected chi connectivity index (χ4v) is 6.84. The second-order valence-electron chi connectivity index (χ2n) is 12.2. The van der Waals surface area contributed by atoms with Crippen molar-refractivity contribution in [1.82, 2.24) is 25.4 Å². The van der Waals surface area contributed by atoms with Crippen LogP contribution >= 0.6 is 0 Å². The van der Waals surface area contributed by atoms with Gasteiger partial charge in [-0.15, -0.1) is 0 Å². The van der Waals surface area contributed by atoms with Crippen molar-refractivity contribution < 1.29 is 29.3 Å². The summed E-state index contributed by atoms with van der Waals surface area (Å²) in [6.07, 6.45) is 7.06. The van der Waals surface area contributed by atoms with Crippen molar-refractivity contribution in [3.8, 4) is 11.5 Å². The minimum absolute atomic E-state index is 0.0240. The summed E-state index contributed by atoms with van der Waals surface area (Å²) in [6, 6.07) is 9.26. The van der Waals surface area contributed by atoms with Crippen LogP contribution in [-0.4, -0.2) is 87.1 Å². The first-order valence-corrected chi connectivity index (χ1v) is 16.0. The molecule has 1 aliphatic carbocycles. The van der Waals surface area contributed by atoms with Crippen molar-refractivity contribution in [2.24, 2.45) is 5.92 Å². The van der Waals surface area contributed by atoms with Crippen molar-refractivity contribution in [1.29, 1.82) is 0 Å². The average molecular weight is 608 g/mol. The number of pyridine rings is 1. The monoisotopic (exact) mass is 607 g/mol. The lowest BCUT2D eigenvalue weighted by molar-refractivity contribution is -0.167. The molecule has 5 rings (SSSR count). The molecule has 3 amide bonds. The van der Waals surface area contributed by atoms with Crippen LogP contribution in [0, 0.1) is 5.92 Å². The molecular weight excluding hydrogens is 562 g/mol. The first kappa shape index (κ1) is 31.9. The third-order valence-corrected chi connectivity index (χ3v) is 9.54. The van der Waals surface area contributed by atoms with Crippen LogP contribution in [0.5, 0.6) is 11.5 Å². The highest BCUT2D eigenvalue weighted by Crippen LogP contribution is 2.37. The number of unbranched alkanes of at least 4 members (excludes halogenated alkanes) is 1. The van der Waals surface area contributed by atoms with Crippen molar-refractivity contribution in [2.45, 2.75) is 88.6 Å². The highest BCUT2D eigenvalue weighted by atomic mass is 16.5. The summed E-state index contributed by atoms with van der Waals surface area (Å²) < 4.78 is 5.84. The van der Waals surface area contributed by atoms with Gasteiger partial charge >= 0.3 is 0 Å². The van der Waals surface area contributed by atoms with Gasteiger partial charge in [-0.1, -0.05) is 32.6 Å². The molecule has 0 bridgehead atoms. The summed E-state index contributed by atoms with van der Waals surface area (Å²) in [5.41, 5.74) is -0.0184. The minimum Gasteiger partial charge on any atom is -0.456 e. The fraction of sp³-hybridized carbons (Fsp3) is 0.576. The third-order valence-electron chi connectivity index (χ3n) is 9.54. The van der Waals surface area contributed by atoms with Gasteiger partial charge in [-0.2, -0.15) is 0 Å². The van der Waals surface area contributed by atoms with Crippen molar-refractivity contribution in [2.75, 3.05) is 26.7 Å². The predicted octanol–water partition coefficient (Wildman–Crippen LogP) is 3.13. The Bertz CT molecular complexity index is 1290. The van der Waals surface area contributed by atoms with E-state index in [4.69, 9.17) is 4.74 Å². The first-order valence-electron chi connectivity index (χ1n) is 16.0.